The molecule has 0 unspecified atom stereocenters. The number of halogens is 2. The quantitative estimate of drug-likeness (QED) is 0.814. The van der Waals surface area contributed by atoms with E-state index < -0.39 is 0 Å². The molecule has 0 fully saturated rings. The lowest BCUT2D eigenvalue weighted by Crippen LogP contribution is -1.98. The summed E-state index contributed by atoms with van der Waals surface area (Å²) in [4.78, 5) is 0. The van der Waals surface area contributed by atoms with Crippen molar-refractivity contribution < 1.29 is 4.39 Å². The summed E-state index contributed by atoms with van der Waals surface area (Å²) in [6.45, 7) is 1.94. The van der Waals surface area contributed by atoms with Crippen LogP contribution in [-0.2, 0) is 0 Å². The Morgan fingerprint density at radius 3 is 2.71 bits per heavy atom. The molecule has 0 aliphatic rings. The summed E-state index contributed by atoms with van der Waals surface area (Å²) >= 11 is 3.31. The summed E-state index contributed by atoms with van der Waals surface area (Å²) in [7, 11) is 0. The Morgan fingerprint density at radius 1 is 1.24 bits per heavy atom. The van der Waals surface area contributed by atoms with Crippen LogP contribution in [0.25, 0.3) is 0 Å². The van der Waals surface area contributed by atoms with Crippen LogP contribution in [0.15, 0.2) is 40.9 Å². The molecule has 0 saturated heterocycles. The first-order chi connectivity index (χ1) is 8.08. The number of aryl methyl sites for hydroxylation is 1. The van der Waals surface area contributed by atoms with Gasteiger partial charge in [-0.25, -0.2) is 4.39 Å². The zero-order chi connectivity index (χ0) is 12.4. The molecule has 2 aromatic carbocycles. The summed E-state index contributed by atoms with van der Waals surface area (Å²) in [6, 6.07) is 10.3. The van der Waals surface area contributed by atoms with Gasteiger partial charge >= 0.3 is 0 Å². The molecule has 2 nitrogen and oxygen atoms in total. The van der Waals surface area contributed by atoms with Gasteiger partial charge in [-0.15, -0.1) is 0 Å². The van der Waals surface area contributed by atoms with E-state index in [1.165, 1.54) is 6.07 Å². The number of hydrogen-bond donors (Lipinski definition) is 2. The number of nitrogen functional groups attached to an aromatic ring is 1. The fraction of sp³-hybridized carbons (Fsp3) is 0.0769. The first-order valence-electron chi connectivity index (χ1n) is 5.15. The molecule has 88 valence electrons. The maximum Gasteiger partial charge on any atom is 0.147 e. The molecule has 2 rings (SSSR count). The van der Waals surface area contributed by atoms with Crippen LogP contribution >= 0.6 is 15.9 Å². The third-order valence-electron chi connectivity index (χ3n) is 2.48. The Bertz CT molecular complexity index is 535. The summed E-state index contributed by atoms with van der Waals surface area (Å²) in [5, 5.41) is 3.05. The molecule has 3 N–H and O–H groups in total. The Hall–Kier alpha value is -1.55. The summed E-state index contributed by atoms with van der Waals surface area (Å²) in [5.74, 6) is -0.304. The number of nitrogens with one attached hydrogen (secondary N) is 1. The molecule has 0 aromatic heterocycles. The van der Waals surface area contributed by atoms with Gasteiger partial charge in [0, 0.05) is 15.8 Å². The number of anilines is 3. The number of rotatable bonds is 2. The number of hydrogen-bond acceptors (Lipinski definition) is 2. The monoisotopic (exact) mass is 294 g/mol. The van der Waals surface area contributed by atoms with Gasteiger partial charge in [0.2, 0.25) is 0 Å². The Kier molecular flexibility index (Phi) is 3.33. The molecule has 0 aliphatic carbocycles. The number of benzene rings is 2. The molecule has 0 spiro atoms. The van der Waals surface area contributed by atoms with Gasteiger partial charge in [-0.3, -0.25) is 0 Å². The standard InChI is InChI=1S/C13H12BrFN2/c1-8-5-6-9(16)7-12(8)17-13-10(14)3-2-4-11(13)15/h2-7,17H,16H2,1H3. The largest absolute Gasteiger partial charge is 0.399 e. The molecule has 0 heterocycles. The van der Waals surface area contributed by atoms with Crippen molar-refractivity contribution in [3.05, 3.63) is 52.3 Å². The van der Waals surface area contributed by atoms with Crippen molar-refractivity contribution in [1.29, 1.82) is 0 Å². The fourth-order valence-corrected chi connectivity index (χ4v) is 1.97. The second-order valence-electron chi connectivity index (χ2n) is 3.80. The maximum atomic E-state index is 13.6. The molecule has 0 amide bonds. The minimum Gasteiger partial charge on any atom is -0.399 e. The summed E-state index contributed by atoms with van der Waals surface area (Å²) in [6.07, 6.45) is 0. The second-order valence-corrected chi connectivity index (χ2v) is 4.65. The van der Waals surface area contributed by atoms with E-state index in [2.05, 4.69) is 21.2 Å². The average Bonchev–Trinajstić information content (AvgIpc) is 2.28. The van der Waals surface area contributed by atoms with Crippen LogP contribution in [0.2, 0.25) is 0 Å². The fourth-order valence-electron chi connectivity index (χ4n) is 1.53. The zero-order valence-electron chi connectivity index (χ0n) is 9.30. The molecule has 17 heavy (non-hydrogen) atoms. The Labute approximate surface area is 108 Å². The van der Waals surface area contributed by atoms with Crippen LogP contribution in [0, 0.1) is 12.7 Å². The van der Waals surface area contributed by atoms with Gasteiger partial charge < -0.3 is 11.1 Å². The van der Waals surface area contributed by atoms with Crippen molar-refractivity contribution in [2.45, 2.75) is 6.92 Å². The van der Waals surface area contributed by atoms with E-state index in [1.807, 2.05) is 19.1 Å². The highest BCUT2D eigenvalue weighted by Gasteiger charge is 2.08. The van der Waals surface area contributed by atoms with Crippen LogP contribution in [-0.4, -0.2) is 0 Å². The minimum atomic E-state index is -0.304. The number of para-hydroxylation sites is 1. The molecule has 0 bridgehead atoms. The van der Waals surface area contributed by atoms with Crippen LogP contribution in [0.3, 0.4) is 0 Å². The molecular weight excluding hydrogens is 283 g/mol. The maximum absolute atomic E-state index is 13.6. The first kappa shape index (κ1) is 11.9. The lowest BCUT2D eigenvalue weighted by molar-refractivity contribution is 0.631. The smallest absolute Gasteiger partial charge is 0.147 e. The van der Waals surface area contributed by atoms with E-state index in [4.69, 9.17) is 5.73 Å². The van der Waals surface area contributed by atoms with Crippen molar-refractivity contribution in [2.24, 2.45) is 0 Å². The molecule has 4 heteroatoms. The van der Waals surface area contributed by atoms with Crippen LogP contribution in [0.1, 0.15) is 5.56 Å². The van der Waals surface area contributed by atoms with Crippen LogP contribution < -0.4 is 11.1 Å². The van der Waals surface area contributed by atoms with Crippen LogP contribution in [0.4, 0.5) is 21.5 Å². The van der Waals surface area contributed by atoms with Gasteiger partial charge in [-0.1, -0.05) is 12.1 Å². The van der Waals surface area contributed by atoms with Crippen molar-refractivity contribution in [3.63, 3.8) is 0 Å². The van der Waals surface area contributed by atoms with E-state index >= 15 is 0 Å². The highest BCUT2D eigenvalue weighted by molar-refractivity contribution is 9.10. The van der Waals surface area contributed by atoms with Gasteiger partial charge in [0.25, 0.3) is 0 Å². The van der Waals surface area contributed by atoms with Crippen LogP contribution in [0.5, 0.6) is 0 Å². The average molecular weight is 295 g/mol. The van der Waals surface area contributed by atoms with Gasteiger partial charge in [0.1, 0.15) is 5.82 Å². The molecule has 0 aliphatic heterocycles. The second kappa shape index (κ2) is 4.75. The Balaban J connectivity index is 2.41. The third-order valence-corrected chi connectivity index (χ3v) is 3.14. The third kappa shape index (κ3) is 2.58. The molecular formula is C13H12BrFN2. The summed E-state index contributed by atoms with van der Waals surface area (Å²) < 4.78 is 14.3. The molecule has 0 radical (unpaired) electrons. The molecule has 0 saturated carbocycles. The van der Waals surface area contributed by atoms with Crippen molar-refractivity contribution in [2.75, 3.05) is 11.1 Å². The topological polar surface area (TPSA) is 38.0 Å². The van der Waals surface area contributed by atoms with Gasteiger partial charge in [0.05, 0.1) is 5.69 Å². The van der Waals surface area contributed by atoms with Crippen molar-refractivity contribution in [3.8, 4) is 0 Å². The molecule has 0 atom stereocenters. The molecule has 2 aromatic rings. The van der Waals surface area contributed by atoms with E-state index in [0.29, 0.717) is 15.8 Å². The lowest BCUT2D eigenvalue weighted by Gasteiger charge is -2.12. The SMILES string of the molecule is Cc1ccc(N)cc1Nc1c(F)cccc1Br. The zero-order valence-corrected chi connectivity index (χ0v) is 10.9. The van der Waals surface area contributed by atoms with E-state index in [9.17, 15) is 4.39 Å². The normalized spacial score (nSPS) is 10.3. The van der Waals surface area contributed by atoms with E-state index in [0.717, 1.165) is 11.3 Å². The Morgan fingerprint density at radius 2 is 2.00 bits per heavy atom. The van der Waals surface area contributed by atoms with E-state index in [1.54, 1.807) is 18.2 Å². The summed E-state index contributed by atoms with van der Waals surface area (Å²) in [5.41, 5.74) is 8.58. The van der Waals surface area contributed by atoms with Gasteiger partial charge in [-0.2, -0.15) is 0 Å². The van der Waals surface area contributed by atoms with E-state index in [-0.39, 0.29) is 5.82 Å². The minimum absolute atomic E-state index is 0.304. The highest BCUT2D eigenvalue weighted by Crippen LogP contribution is 2.30. The highest BCUT2D eigenvalue weighted by atomic mass is 79.9. The number of nitrogens with two attached hydrogens (primary N) is 1. The van der Waals surface area contributed by atoms with Gasteiger partial charge in [0.15, 0.2) is 0 Å². The lowest BCUT2D eigenvalue weighted by atomic mass is 10.1. The van der Waals surface area contributed by atoms with Gasteiger partial charge in [-0.05, 0) is 52.7 Å². The van der Waals surface area contributed by atoms with Crippen molar-refractivity contribution >= 4 is 33.0 Å². The van der Waals surface area contributed by atoms with Crippen molar-refractivity contribution in [1.82, 2.24) is 0 Å². The predicted octanol–water partition coefficient (Wildman–Crippen LogP) is 4.22. The predicted molar refractivity (Wildman–Crippen MR) is 73.0 cm³/mol. The first-order valence-corrected chi connectivity index (χ1v) is 5.94.